The largest absolute Gasteiger partial charge is 0.382 e. The van der Waals surface area contributed by atoms with Crippen molar-refractivity contribution < 1.29 is 17.9 Å². The van der Waals surface area contributed by atoms with Gasteiger partial charge in [0.15, 0.2) is 0 Å². The Morgan fingerprint density at radius 3 is 2.75 bits per heavy atom. The molecule has 116 valence electrons. The van der Waals surface area contributed by atoms with Crippen LogP contribution in [0.1, 0.15) is 12.5 Å². The molecule has 2 N–H and O–H groups in total. The lowest BCUT2D eigenvalue weighted by atomic mass is 10.3. The molecule has 0 aliphatic heterocycles. The van der Waals surface area contributed by atoms with E-state index in [1.54, 1.807) is 13.2 Å². The highest BCUT2D eigenvalue weighted by molar-refractivity contribution is 7.91. The molecule has 1 unspecified atom stereocenters. The van der Waals surface area contributed by atoms with E-state index in [9.17, 15) is 8.42 Å². The summed E-state index contributed by atoms with van der Waals surface area (Å²) in [6.07, 6.45) is -0.295. The van der Waals surface area contributed by atoms with Gasteiger partial charge in [0.2, 0.25) is 10.0 Å². The first-order valence-electron chi connectivity index (χ1n) is 6.33. The standard InChI is InChI=1S/C12H22N2O4S2/c1-4-13-6-10-5-12(19-9-10)20(15,16)14-7-11(18-3)8-17-2/h5,9,11,13-14H,4,6-8H2,1-3H3. The van der Waals surface area contributed by atoms with Gasteiger partial charge in [-0.3, -0.25) is 0 Å². The number of rotatable bonds is 10. The normalized spacial score (nSPS) is 13.6. The average molecular weight is 322 g/mol. The Morgan fingerprint density at radius 1 is 1.40 bits per heavy atom. The van der Waals surface area contributed by atoms with Crippen LogP contribution in [0.3, 0.4) is 0 Å². The first-order valence-corrected chi connectivity index (χ1v) is 8.69. The quantitative estimate of drug-likeness (QED) is 0.666. The monoisotopic (exact) mass is 322 g/mol. The molecule has 1 aromatic heterocycles. The van der Waals surface area contributed by atoms with Crippen molar-refractivity contribution in [2.75, 3.05) is 33.9 Å². The predicted molar refractivity (Wildman–Crippen MR) is 79.6 cm³/mol. The second kappa shape index (κ2) is 8.71. The SMILES string of the molecule is CCNCc1csc(S(=O)(=O)NCC(COC)OC)c1. The summed E-state index contributed by atoms with van der Waals surface area (Å²) in [6, 6.07) is 1.69. The summed E-state index contributed by atoms with van der Waals surface area (Å²) >= 11 is 1.22. The zero-order chi connectivity index (χ0) is 15.0. The van der Waals surface area contributed by atoms with Gasteiger partial charge in [0.05, 0.1) is 12.7 Å². The topological polar surface area (TPSA) is 76.7 Å². The van der Waals surface area contributed by atoms with Gasteiger partial charge in [0.25, 0.3) is 0 Å². The molecular weight excluding hydrogens is 300 g/mol. The van der Waals surface area contributed by atoms with Gasteiger partial charge in [-0.25, -0.2) is 13.1 Å². The lowest BCUT2D eigenvalue weighted by Gasteiger charge is -2.14. The Balaban J connectivity index is 2.61. The smallest absolute Gasteiger partial charge is 0.250 e. The van der Waals surface area contributed by atoms with Crippen LogP contribution in [0.15, 0.2) is 15.7 Å². The zero-order valence-corrected chi connectivity index (χ0v) is 13.6. The molecule has 0 bridgehead atoms. The molecule has 0 aromatic carbocycles. The maximum absolute atomic E-state index is 12.1. The first kappa shape index (κ1) is 17.5. The second-order valence-corrected chi connectivity index (χ2v) is 7.12. The van der Waals surface area contributed by atoms with Crippen LogP contribution >= 0.6 is 11.3 Å². The number of nitrogens with one attached hydrogen (secondary N) is 2. The van der Waals surface area contributed by atoms with Gasteiger partial charge in [-0.1, -0.05) is 6.92 Å². The molecule has 8 heteroatoms. The van der Waals surface area contributed by atoms with E-state index in [0.717, 1.165) is 12.1 Å². The molecule has 0 radical (unpaired) electrons. The summed E-state index contributed by atoms with van der Waals surface area (Å²) < 4.78 is 37.2. The van der Waals surface area contributed by atoms with Crippen molar-refractivity contribution in [3.8, 4) is 0 Å². The molecule has 6 nitrogen and oxygen atoms in total. The fraction of sp³-hybridized carbons (Fsp3) is 0.667. The number of thiophene rings is 1. The maximum Gasteiger partial charge on any atom is 0.250 e. The predicted octanol–water partition coefficient (Wildman–Crippen LogP) is 0.797. The van der Waals surface area contributed by atoms with E-state index in [0.29, 0.717) is 17.4 Å². The van der Waals surface area contributed by atoms with Crippen molar-refractivity contribution in [1.82, 2.24) is 10.0 Å². The van der Waals surface area contributed by atoms with E-state index in [4.69, 9.17) is 9.47 Å². The van der Waals surface area contributed by atoms with Crippen molar-refractivity contribution in [1.29, 1.82) is 0 Å². The van der Waals surface area contributed by atoms with Crippen molar-refractivity contribution in [3.63, 3.8) is 0 Å². The number of methoxy groups -OCH3 is 2. The van der Waals surface area contributed by atoms with Crippen LogP contribution < -0.4 is 10.0 Å². The zero-order valence-electron chi connectivity index (χ0n) is 12.0. The van der Waals surface area contributed by atoms with Crippen LogP contribution in [0.25, 0.3) is 0 Å². The van der Waals surface area contributed by atoms with Crippen LogP contribution in [0, 0.1) is 0 Å². The summed E-state index contributed by atoms with van der Waals surface area (Å²) in [5.41, 5.74) is 0.970. The minimum atomic E-state index is -3.48. The highest BCUT2D eigenvalue weighted by atomic mass is 32.2. The molecule has 0 fully saturated rings. The molecule has 1 rings (SSSR count). The van der Waals surface area contributed by atoms with Crippen molar-refractivity contribution >= 4 is 21.4 Å². The minimum Gasteiger partial charge on any atom is -0.382 e. The van der Waals surface area contributed by atoms with Crippen molar-refractivity contribution in [2.45, 2.75) is 23.8 Å². The molecule has 1 aromatic rings. The third-order valence-corrected chi connectivity index (χ3v) is 5.57. The fourth-order valence-corrected chi connectivity index (χ4v) is 3.85. The average Bonchev–Trinajstić information content (AvgIpc) is 2.90. The molecular formula is C12H22N2O4S2. The molecule has 0 saturated heterocycles. The van der Waals surface area contributed by atoms with Crippen LogP contribution in [0.4, 0.5) is 0 Å². The number of ether oxygens (including phenoxy) is 2. The van der Waals surface area contributed by atoms with E-state index >= 15 is 0 Å². The van der Waals surface area contributed by atoms with Crippen LogP contribution in [-0.2, 0) is 26.0 Å². The summed E-state index contributed by atoms with van der Waals surface area (Å²) in [5.74, 6) is 0. The van der Waals surface area contributed by atoms with E-state index in [1.165, 1.54) is 18.4 Å². The summed E-state index contributed by atoms with van der Waals surface area (Å²) in [4.78, 5) is 0. The Kier molecular flexibility index (Phi) is 7.63. The summed E-state index contributed by atoms with van der Waals surface area (Å²) in [6.45, 7) is 4.06. The molecule has 0 saturated carbocycles. The van der Waals surface area contributed by atoms with E-state index in [-0.39, 0.29) is 12.6 Å². The van der Waals surface area contributed by atoms with Crippen LogP contribution in [0.5, 0.6) is 0 Å². The highest BCUT2D eigenvalue weighted by Gasteiger charge is 2.18. The minimum absolute atomic E-state index is 0.188. The molecule has 1 atom stereocenters. The van der Waals surface area contributed by atoms with E-state index in [1.807, 2.05) is 12.3 Å². The highest BCUT2D eigenvalue weighted by Crippen LogP contribution is 2.20. The van der Waals surface area contributed by atoms with Gasteiger partial charge < -0.3 is 14.8 Å². The van der Waals surface area contributed by atoms with Gasteiger partial charge in [-0.2, -0.15) is 0 Å². The van der Waals surface area contributed by atoms with E-state index in [2.05, 4.69) is 10.0 Å². The molecule has 0 spiro atoms. The van der Waals surface area contributed by atoms with E-state index < -0.39 is 10.0 Å². The fourth-order valence-electron chi connectivity index (χ4n) is 1.53. The third-order valence-electron chi connectivity index (χ3n) is 2.66. The van der Waals surface area contributed by atoms with Gasteiger partial charge in [-0.15, -0.1) is 11.3 Å². The van der Waals surface area contributed by atoms with Crippen molar-refractivity contribution in [2.24, 2.45) is 0 Å². The number of sulfonamides is 1. The Bertz CT molecular complexity index is 487. The molecule has 0 aliphatic carbocycles. The third kappa shape index (κ3) is 5.47. The van der Waals surface area contributed by atoms with Gasteiger partial charge in [0.1, 0.15) is 4.21 Å². The molecule has 0 amide bonds. The Hall–Kier alpha value is -0.510. The first-order chi connectivity index (χ1) is 9.53. The Labute approximate surface area is 124 Å². The van der Waals surface area contributed by atoms with Gasteiger partial charge in [0, 0.05) is 27.3 Å². The summed E-state index contributed by atoms with van der Waals surface area (Å²) in [7, 11) is -0.409. The Morgan fingerprint density at radius 2 is 2.15 bits per heavy atom. The van der Waals surface area contributed by atoms with Crippen LogP contribution in [0.2, 0.25) is 0 Å². The lowest BCUT2D eigenvalue weighted by Crippen LogP contribution is -2.35. The molecule has 1 heterocycles. The second-order valence-electron chi connectivity index (χ2n) is 4.22. The van der Waals surface area contributed by atoms with Crippen LogP contribution in [-0.4, -0.2) is 48.4 Å². The van der Waals surface area contributed by atoms with Gasteiger partial charge in [-0.05, 0) is 23.6 Å². The number of hydrogen-bond donors (Lipinski definition) is 2. The maximum atomic E-state index is 12.1. The summed E-state index contributed by atoms with van der Waals surface area (Å²) in [5, 5.41) is 5.01. The lowest BCUT2D eigenvalue weighted by molar-refractivity contribution is 0.0320. The van der Waals surface area contributed by atoms with Crippen molar-refractivity contribution in [3.05, 3.63) is 17.0 Å². The molecule has 0 aliphatic rings. The molecule has 20 heavy (non-hydrogen) atoms. The number of hydrogen-bond acceptors (Lipinski definition) is 6. The van der Waals surface area contributed by atoms with Gasteiger partial charge >= 0.3 is 0 Å².